The number of rotatable bonds is 5. The molecule has 1 aliphatic rings. The number of carbonyl (C=O) groups excluding carboxylic acids is 1. The third-order valence-corrected chi connectivity index (χ3v) is 3.03. The van der Waals surface area contributed by atoms with E-state index in [2.05, 4.69) is 21.3 Å². The van der Waals surface area contributed by atoms with Crippen molar-refractivity contribution in [1.82, 2.24) is 0 Å². The van der Waals surface area contributed by atoms with E-state index in [4.69, 9.17) is 4.52 Å². The zero-order chi connectivity index (χ0) is 11.1. The van der Waals surface area contributed by atoms with Gasteiger partial charge < -0.3 is 9.32 Å². The molecule has 15 heavy (non-hydrogen) atoms. The fourth-order valence-electron chi connectivity index (χ4n) is 1.45. The van der Waals surface area contributed by atoms with E-state index in [9.17, 15) is 4.79 Å². The van der Waals surface area contributed by atoms with Crippen LogP contribution in [0.1, 0.15) is 26.2 Å². The average Bonchev–Trinajstić information content (AvgIpc) is 2.96. The van der Waals surface area contributed by atoms with Gasteiger partial charge in [-0.3, -0.25) is 0 Å². The van der Waals surface area contributed by atoms with Crippen molar-refractivity contribution in [3.8, 4) is 11.8 Å². The highest BCUT2D eigenvalue weighted by molar-refractivity contribution is 7.09. The van der Waals surface area contributed by atoms with Crippen LogP contribution in [0.5, 0.6) is 0 Å². The van der Waals surface area contributed by atoms with Crippen LogP contribution in [0.3, 0.4) is 0 Å². The van der Waals surface area contributed by atoms with Gasteiger partial charge in [0.05, 0.1) is 6.10 Å². The van der Waals surface area contributed by atoms with Crippen LogP contribution in [-0.4, -0.2) is 12.4 Å². The summed E-state index contributed by atoms with van der Waals surface area (Å²) in [7, 11) is 2.23. The summed E-state index contributed by atoms with van der Waals surface area (Å²) in [4.78, 5) is 10.2. The SMILES string of the molecule is CC(/C=C/C#CC[C@H]1C[C@H]1CC=O)OP. The van der Waals surface area contributed by atoms with Crippen LogP contribution in [-0.2, 0) is 9.32 Å². The molecule has 2 unspecified atom stereocenters. The molecule has 0 aromatic carbocycles. The first-order valence-corrected chi connectivity index (χ1v) is 5.69. The van der Waals surface area contributed by atoms with Crippen LogP contribution < -0.4 is 0 Å². The van der Waals surface area contributed by atoms with Gasteiger partial charge in [0.1, 0.15) is 6.29 Å². The van der Waals surface area contributed by atoms with E-state index in [0.717, 1.165) is 12.7 Å². The normalized spacial score (nSPS) is 25.7. The molecule has 0 heterocycles. The number of hydrogen-bond acceptors (Lipinski definition) is 2. The molecular formula is C12H17O2P. The standard InChI is InChI=1S/C12H17O2P/c1-10(14-15)5-3-2-4-6-11-9-12(11)7-8-13/h3,5,8,10-12H,6-7,9,15H2,1H3/b5-3+/t10?,11-,12+/m0/s1. The largest absolute Gasteiger partial charge is 0.359 e. The molecule has 0 saturated heterocycles. The highest BCUT2D eigenvalue weighted by Gasteiger charge is 2.35. The summed E-state index contributed by atoms with van der Waals surface area (Å²) in [5.41, 5.74) is 0. The van der Waals surface area contributed by atoms with Crippen molar-refractivity contribution in [2.75, 3.05) is 0 Å². The molecule has 0 aromatic rings. The first-order valence-electron chi connectivity index (χ1n) is 5.22. The van der Waals surface area contributed by atoms with Crippen molar-refractivity contribution < 1.29 is 9.32 Å². The van der Waals surface area contributed by atoms with Crippen molar-refractivity contribution in [3.63, 3.8) is 0 Å². The van der Waals surface area contributed by atoms with Gasteiger partial charge in [0.25, 0.3) is 0 Å². The van der Waals surface area contributed by atoms with E-state index < -0.39 is 0 Å². The highest BCUT2D eigenvalue weighted by atomic mass is 31.0. The van der Waals surface area contributed by atoms with E-state index in [1.165, 1.54) is 6.42 Å². The van der Waals surface area contributed by atoms with Crippen LogP contribution in [0.2, 0.25) is 0 Å². The molecule has 1 fully saturated rings. The summed E-state index contributed by atoms with van der Waals surface area (Å²) < 4.78 is 4.96. The van der Waals surface area contributed by atoms with Gasteiger partial charge in [0, 0.05) is 22.3 Å². The lowest BCUT2D eigenvalue weighted by Crippen LogP contribution is -1.93. The average molecular weight is 224 g/mol. The lowest BCUT2D eigenvalue weighted by molar-refractivity contribution is -0.108. The molecule has 1 aliphatic carbocycles. The lowest BCUT2D eigenvalue weighted by atomic mass is 10.2. The molecule has 4 atom stereocenters. The third kappa shape index (κ3) is 5.11. The topological polar surface area (TPSA) is 26.3 Å². The predicted molar refractivity (Wildman–Crippen MR) is 64.1 cm³/mol. The van der Waals surface area contributed by atoms with Gasteiger partial charge in [0.15, 0.2) is 0 Å². The Labute approximate surface area is 93.7 Å². The first-order chi connectivity index (χ1) is 7.27. The van der Waals surface area contributed by atoms with Crippen LogP contribution in [0.15, 0.2) is 12.2 Å². The molecule has 2 nitrogen and oxygen atoms in total. The molecule has 82 valence electrons. The Morgan fingerprint density at radius 1 is 1.60 bits per heavy atom. The quantitative estimate of drug-likeness (QED) is 0.407. The molecule has 0 radical (unpaired) electrons. The number of aldehydes is 1. The first kappa shape index (κ1) is 12.4. The Bertz CT molecular complexity index is 288. The molecule has 0 amide bonds. The Kier molecular flexibility index (Phi) is 5.61. The minimum absolute atomic E-state index is 0.0908. The Balaban J connectivity index is 2.13. The van der Waals surface area contributed by atoms with Gasteiger partial charge in [-0.15, -0.1) is 0 Å². The minimum atomic E-state index is 0.0908. The summed E-state index contributed by atoms with van der Waals surface area (Å²) in [6, 6.07) is 0. The van der Waals surface area contributed by atoms with Crippen molar-refractivity contribution in [3.05, 3.63) is 12.2 Å². The second-order valence-electron chi connectivity index (χ2n) is 3.88. The molecule has 0 spiro atoms. The second-order valence-corrected chi connectivity index (χ2v) is 4.16. The smallest absolute Gasteiger partial charge is 0.120 e. The third-order valence-electron chi connectivity index (χ3n) is 2.60. The molecule has 1 rings (SSSR count). The fraction of sp³-hybridized carbons (Fsp3) is 0.583. The predicted octanol–water partition coefficient (Wildman–Crippen LogP) is 2.36. The number of carbonyl (C=O) groups is 1. The number of allylic oxidation sites excluding steroid dienone is 1. The maximum absolute atomic E-state index is 10.2. The van der Waals surface area contributed by atoms with Gasteiger partial charge in [-0.2, -0.15) is 0 Å². The second kappa shape index (κ2) is 6.77. The van der Waals surface area contributed by atoms with E-state index in [1.807, 2.05) is 19.1 Å². The summed E-state index contributed by atoms with van der Waals surface area (Å²) in [6.07, 6.45) is 7.63. The molecule has 3 heteroatoms. The molecule has 0 bridgehead atoms. The Morgan fingerprint density at radius 2 is 2.40 bits per heavy atom. The van der Waals surface area contributed by atoms with E-state index in [0.29, 0.717) is 18.3 Å². The highest BCUT2D eigenvalue weighted by Crippen LogP contribution is 2.42. The van der Waals surface area contributed by atoms with Crippen molar-refractivity contribution in [2.45, 2.75) is 32.3 Å². The summed E-state index contributed by atoms with van der Waals surface area (Å²) >= 11 is 0. The van der Waals surface area contributed by atoms with Crippen LogP contribution in [0.4, 0.5) is 0 Å². The Hall–Kier alpha value is -0.640. The number of hydrogen-bond donors (Lipinski definition) is 0. The van der Waals surface area contributed by atoms with Gasteiger partial charge in [-0.05, 0) is 37.3 Å². The van der Waals surface area contributed by atoms with Crippen LogP contribution >= 0.6 is 9.47 Å². The van der Waals surface area contributed by atoms with Crippen molar-refractivity contribution in [1.29, 1.82) is 0 Å². The zero-order valence-corrected chi connectivity index (χ0v) is 10.1. The van der Waals surface area contributed by atoms with Gasteiger partial charge in [-0.25, -0.2) is 0 Å². The maximum Gasteiger partial charge on any atom is 0.120 e. The lowest BCUT2D eigenvalue weighted by Gasteiger charge is -1.98. The van der Waals surface area contributed by atoms with E-state index >= 15 is 0 Å². The molecule has 0 N–H and O–H groups in total. The van der Waals surface area contributed by atoms with Crippen LogP contribution in [0.25, 0.3) is 0 Å². The summed E-state index contributed by atoms with van der Waals surface area (Å²) in [5, 5.41) is 0. The minimum Gasteiger partial charge on any atom is -0.359 e. The maximum atomic E-state index is 10.2. The fourth-order valence-corrected chi connectivity index (χ4v) is 1.54. The van der Waals surface area contributed by atoms with Gasteiger partial charge >= 0.3 is 0 Å². The molecule has 1 saturated carbocycles. The van der Waals surface area contributed by atoms with Crippen molar-refractivity contribution in [2.24, 2.45) is 11.8 Å². The summed E-state index contributed by atoms with van der Waals surface area (Å²) in [6.45, 7) is 1.95. The molecule has 0 aliphatic heterocycles. The van der Waals surface area contributed by atoms with Crippen LogP contribution in [0, 0.1) is 23.7 Å². The van der Waals surface area contributed by atoms with Gasteiger partial charge in [-0.1, -0.05) is 11.8 Å². The monoisotopic (exact) mass is 224 g/mol. The molecule has 0 aromatic heterocycles. The van der Waals surface area contributed by atoms with E-state index in [1.54, 1.807) is 0 Å². The van der Waals surface area contributed by atoms with Gasteiger partial charge in [0.2, 0.25) is 0 Å². The summed E-state index contributed by atoms with van der Waals surface area (Å²) in [5.74, 6) is 7.34. The Morgan fingerprint density at radius 3 is 3.07 bits per heavy atom. The van der Waals surface area contributed by atoms with Crippen molar-refractivity contribution >= 4 is 15.8 Å². The van der Waals surface area contributed by atoms with E-state index in [-0.39, 0.29) is 6.10 Å². The zero-order valence-electron chi connectivity index (χ0n) is 8.98. The molecular weight excluding hydrogens is 207 g/mol.